The third-order valence-corrected chi connectivity index (χ3v) is 1.34. The van der Waals surface area contributed by atoms with Crippen LogP contribution in [0.1, 0.15) is 23.3 Å². The zero-order valence-corrected chi connectivity index (χ0v) is 6.43. The van der Waals surface area contributed by atoms with Gasteiger partial charge in [-0.15, -0.1) is 0 Å². The molecule has 0 aliphatic rings. The molecule has 1 aromatic rings. The van der Waals surface area contributed by atoms with Crippen LogP contribution in [-0.2, 0) is 0 Å². The van der Waals surface area contributed by atoms with Gasteiger partial charge in [-0.1, -0.05) is 0 Å². The second-order valence-electron chi connectivity index (χ2n) is 2.39. The van der Waals surface area contributed by atoms with Crippen molar-refractivity contribution in [3.8, 4) is 0 Å². The van der Waals surface area contributed by atoms with Gasteiger partial charge in [-0.05, 0) is 0 Å². The minimum absolute atomic E-state index is 0.0655. The summed E-state index contributed by atoms with van der Waals surface area (Å²) in [6.45, 7) is 0. The number of alkyl halides is 3. The van der Waals surface area contributed by atoms with Gasteiger partial charge in [0.05, 0.1) is 12.6 Å². The van der Waals surface area contributed by atoms with Crippen molar-refractivity contribution in [3.63, 3.8) is 0 Å². The van der Waals surface area contributed by atoms with Crippen molar-refractivity contribution in [2.75, 3.05) is 0 Å². The highest BCUT2D eigenvalue weighted by Gasteiger charge is 2.28. The number of halogens is 3. The van der Waals surface area contributed by atoms with E-state index in [-0.39, 0.29) is 5.69 Å². The van der Waals surface area contributed by atoms with Crippen molar-refractivity contribution in [1.29, 1.82) is 0 Å². The Kier molecular flexibility index (Phi) is 2.64. The number of Topliss-reactive ketones (excluding diaryl/α,β-unsaturated/α-hetero) is 1. The van der Waals surface area contributed by atoms with Crippen LogP contribution in [0.25, 0.3) is 0 Å². The third-order valence-electron chi connectivity index (χ3n) is 1.34. The monoisotopic (exact) mass is 193 g/mol. The molecule has 0 unspecified atom stereocenters. The number of aromatic nitrogens is 3. The van der Waals surface area contributed by atoms with Crippen LogP contribution in [0.15, 0.2) is 6.20 Å². The molecule has 7 heteroatoms. The average Bonchev–Trinajstić information content (AvgIpc) is 2.50. The summed E-state index contributed by atoms with van der Waals surface area (Å²) in [5.74, 6) is -0.661. The molecular formula is C6H6F3N3O. The lowest BCUT2D eigenvalue weighted by atomic mass is 10.2. The largest absolute Gasteiger partial charge is 0.389 e. The molecule has 0 amide bonds. The summed E-state index contributed by atoms with van der Waals surface area (Å²) in [4.78, 5) is 10.9. The maximum atomic E-state index is 11.7. The van der Waals surface area contributed by atoms with Gasteiger partial charge in [-0.2, -0.15) is 28.6 Å². The molecule has 1 aromatic heterocycles. The number of rotatable bonds is 3. The maximum Gasteiger partial charge on any atom is 0.389 e. The number of ketones is 1. The van der Waals surface area contributed by atoms with Crippen LogP contribution in [0.5, 0.6) is 0 Å². The van der Waals surface area contributed by atoms with Gasteiger partial charge < -0.3 is 0 Å². The van der Waals surface area contributed by atoms with E-state index in [0.29, 0.717) is 0 Å². The molecule has 0 bridgehead atoms. The first-order chi connectivity index (χ1) is 5.99. The lowest BCUT2D eigenvalue weighted by Gasteiger charge is -2.02. The van der Waals surface area contributed by atoms with Crippen molar-refractivity contribution >= 4 is 5.78 Å². The summed E-state index contributed by atoms with van der Waals surface area (Å²) >= 11 is 0. The van der Waals surface area contributed by atoms with E-state index in [1.807, 2.05) is 0 Å². The zero-order chi connectivity index (χ0) is 9.90. The van der Waals surface area contributed by atoms with E-state index < -0.39 is 24.8 Å². The second-order valence-corrected chi connectivity index (χ2v) is 2.39. The molecule has 0 saturated heterocycles. The van der Waals surface area contributed by atoms with E-state index in [4.69, 9.17) is 0 Å². The van der Waals surface area contributed by atoms with Crippen molar-refractivity contribution in [3.05, 3.63) is 11.9 Å². The summed E-state index contributed by atoms with van der Waals surface area (Å²) in [5.41, 5.74) is -0.0655. The number of hydrogen-bond acceptors (Lipinski definition) is 3. The molecule has 0 aliphatic heterocycles. The number of hydrogen-bond donors (Lipinski definition) is 1. The van der Waals surface area contributed by atoms with Crippen LogP contribution in [0, 0.1) is 0 Å². The molecule has 0 saturated carbocycles. The SMILES string of the molecule is O=C(CCC(F)(F)F)c1cn[nH]n1. The Hall–Kier alpha value is -1.40. The zero-order valence-electron chi connectivity index (χ0n) is 6.43. The minimum Gasteiger partial charge on any atom is -0.292 e. The highest BCUT2D eigenvalue weighted by molar-refractivity contribution is 5.93. The van der Waals surface area contributed by atoms with Gasteiger partial charge >= 0.3 is 6.18 Å². The van der Waals surface area contributed by atoms with Gasteiger partial charge in [-0.3, -0.25) is 4.79 Å². The summed E-state index contributed by atoms with van der Waals surface area (Å²) in [6.07, 6.45) is -4.92. The lowest BCUT2D eigenvalue weighted by molar-refractivity contribution is -0.133. The Balaban J connectivity index is 2.44. The smallest absolute Gasteiger partial charge is 0.292 e. The maximum absolute atomic E-state index is 11.7. The van der Waals surface area contributed by atoms with E-state index >= 15 is 0 Å². The van der Waals surface area contributed by atoms with Crippen LogP contribution in [0.3, 0.4) is 0 Å². The molecule has 1 heterocycles. The molecule has 0 atom stereocenters. The van der Waals surface area contributed by atoms with Gasteiger partial charge in [0.2, 0.25) is 0 Å². The molecule has 0 radical (unpaired) electrons. The first kappa shape index (κ1) is 9.69. The topological polar surface area (TPSA) is 58.6 Å². The molecule has 0 aromatic carbocycles. The summed E-state index contributed by atoms with van der Waals surface area (Å²) in [5, 5.41) is 8.82. The van der Waals surface area contributed by atoms with Crippen molar-refractivity contribution in [2.45, 2.75) is 19.0 Å². The predicted molar refractivity (Wildman–Crippen MR) is 36.0 cm³/mol. The Morgan fingerprint density at radius 3 is 2.69 bits per heavy atom. The van der Waals surface area contributed by atoms with Crippen molar-refractivity contribution < 1.29 is 18.0 Å². The van der Waals surface area contributed by atoms with Gasteiger partial charge in [-0.25, -0.2) is 0 Å². The molecule has 0 fully saturated rings. The van der Waals surface area contributed by atoms with Gasteiger partial charge in [0, 0.05) is 6.42 Å². The molecule has 13 heavy (non-hydrogen) atoms. The highest BCUT2D eigenvalue weighted by Crippen LogP contribution is 2.21. The number of H-pyrrole nitrogens is 1. The highest BCUT2D eigenvalue weighted by atomic mass is 19.4. The second kappa shape index (κ2) is 3.55. The number of nitrogens with one attached hydrogen (secondary N) is 1. The number of aromatic amines is 1. The first-order valence-electron chi connectivity index (χ1n) is 3.45. The molecule has 0 aliphatic carbocycles. The fourth-order valence-electron chi connectivity index (χ4n) is 0.719. The molecular weight excluding hydrogens is 187 g/mol. The Morgan fingerprint density at radius 2 is 2.23 bits per heavy atom. The van der Waals surface area contributed by atoms with Crippen LogP contribution in [-0.4, -0.2) is 27.4 Å². The molecule has 1 rings (SSSR count). The van der Waals surface area contributed by atoms with E-state index in [1.54, 1.807) is 0 Å². The van der Waals surface area contributed by atoms with E-state index in [0.717, 1.165) is 6.20 Å². The van der Waals surface area contributed by atoms with Gasteiger partial charge in [0.1, 0.15) is 5.69 Å². The fraction of sp³-hybridized carbons (Fsp3) is 0.500. The van der Waals surface area contributed by atoms with E-state index in [2.05, 4.69) is 15.4 Å². The fourth-order valence-corrected chi connectivity index (χ4v) is 0.719. The Morgan fingerprint density at radius 1 is 1.54 bits per heavy atom. The standard InChI is InChI=1S/C6H6F3N3O/c7-6(8,9)2-1-5(13)4-3-10-12-11-4/h3H,1-2H2,(H,10,11,12). The van der Waals surface area contributed by atoms with Crippen LogP contribution in [0.2, 0.25) is 0 Å². The number of nitrogens with zero attached hydrogens (tertiary/aromatic N) is 2. The molecule has 4 nitrogen and oxygen atoms in total. The predicted octanol–water partition coefficient (Wildman–Crippen LogP) is 1.33. The Bertz CT molecular complexity index is 280. The average molecular weight is 193 g/mol. The van der Waals surface area contributed by atoms with Crippen molar-refractivity contribution in [2.24, 2.45) is 0 Å². The van der Waals surface area contributed by atoms with Gasteiger partial charge in [0.25, 0.3) is 0 Å². The summed E-state index contributed by atoms with van der Waals surface area (Å²) in [7, 11) is 0. The molecule has 0 spiro atoms. The van der Waals surface area contributed by atoms with E-state index in [1.165, 1.54) is 0 Å². The Labute approximate surface area is 71.1 Å². The van der Waals surface area contributed by atoms with E-state index in [9.17, 15) is 18.0 Å². The number of carbonyl (C=O) groups excluding carboxylic acids is 1. The molecule has 72 valence electrons. The van der Waals surface area contributed by atoms with Crippen LogP contribution in [0.4, 0.5) is 13.2 Å². The lowest BCUT2D eigenvalue weighted by Crippen LogP contribution is -2.11. The third kappa shape index (κ3) is 3.22. The van der Waals surface area contributed by atoms with Crippen LogP contribution < -0.4 is 0 Å². The first-order valence-corrected chi connectivity index (χ1v) is 3.45. The quantitative estimate of drug-likeness (QED) is 0.736. The van der Waals surface area contributed by atoms with Gasteiger partial charge in [0.15, 0.2) is 5.78 Å². The van der Waals surface area contributed by atoms with Crippen molar-refractivity contribution in [1.82, 2.24) is 15.4 Å². The minimum atomic E-state index is -4.31. The normalized spacial score (nSPS) is 11.6. The van der Waals surface area contributed by atoms with Crippen LogP contribution >= 0.6 is 0 Å². The summed E-state index contributed by atoms with van der Waals surface area (Å²) in [6, 6.07) is 0. The molecule has 1 N–H and O–H groups in total. The summed E-state index contributed by atoms with van der Waals surface area (Å²) < 4.78 is 35.0. The number of carbonyl (C=O) groups is 1.